The molecule has 0 bridgehead atoms. The van der Waals surface area contributed by atoms with E-state index in [4.69, 9.17) is 22.1 Å². The van der Waals surface area contributed by atoms with Gasteiger partial charge in [-0.1, -0.05) is 23.7 Å². The average Bonchev–Trinajstić information content (AvgIpc) is 3.11. The third-order valence-corrected chi connectivity index (χ3v) is 4.45. The van der Waals surface area contributed by atoms with E-state index in [0.29, 0.717) is 17.5 Å². The number of methoxy groups -OCH3 is 1. The van der Waals surface area contributed by atoms with E-state index in [-0.39, 0.29) is 0 Å². The van der Waals surface area contributed by atoms with Crippen LogP contribution in [-0.2, 0) is 6.54 Å². The van der Waals surface area contributed by atoms with Crippen LogP contribution in [0.2, 0.25) is 5.02 Å². The molecule has 0 spiro atoms. The van der Waals surface area contributed by atoms with E-state index in [0.717, 1.165) is 21.9 Å². The highest BCUT2D eigenvalue weighted by molar-refractivity contribution is 7.13. The summed E-state index contributed by atoms with van der Waals surface area (Å²) in [7, 11) is 1.63. The van der Waals surface area contributed by atoms with E-state index in [2.05, 4.69) is 4.98 Å². The minimum Gasteiger partial charge on any atom is -0.496 e. The zero-order chi connectivity index (χ0) is 14.8. The Kier molecular flexibility index (Phi) is 3.86. The molecule has 0 radical (unpaired) electrons. The van der Waals surface area contributed by atoms with Crippen LogP contribution in [0.15, 0.2) is 41.9 Å². The molecule has 108 valence electrons. The van der Waals surface area contributed by atoms with Crippen LogP contribution in [0, 0.1) is 0 Å². The molecule has 6 heteroatoms. The first-order chi connectivity index (χ1) is 10.2. The zero-order valence-electron chi connectivity index (χ0n) is 11.4. The van der Waals surface area contributed by atoms with E-state index in [1.165, 1.54) is 0 Å². The number of nitrogens with zero attached hydrogens (tertiary/aromatic N) is 2. The molecule has 0 saturated carbocycles. The number of imidazole rings is 1. The monoisotopic (exact) mass is 319 g/mol. The lowest BCUT2D eigenvalue weighted by molar-refractivity contribution is 0.408. The molecule has 1 aromatic carbocycles. The van der Waals surface area contributed by atoms with Crippen LogP contribution in [0.4, 0.5) is 5.95 Å². The minimum atomic E-state index is 0.459. The van der Waals surface area contributed by atoms with Gasteiger partial charge in [0, 0.05) is 16.8 Å². The molecule has 2 aromatic heterocycles. The quantitative estimate of drug-likeness (QED) is 0.793. The van der Waals surface area contributed by atoms with Gasteiger partial charge in [0.15, 0.2) is 0 Å². The Hall–Kier alpha value is -1.98. The van der Waals surface area contributed by atoms with Crippen LogP contribution < -0.4 is 10.5 Å². The molecule has 0 saturated heterocycles. The van der Waals surface area contributed by atoms with Gasteiger partial charge in [-0.3, -0.25) is 0 Å². The third-order valence-electron chi connectivity index (χ3n) is 3.21. The van der Waals surface area contributed by atoms with E-state index in [9.17, 15) is 0 Å². The number of hydrogen-bond donors (Lipinski definition) is 1. The molecular weight excluding hydrogens is 306 g/mol. The number of ether oxygens (including phenoxy) is 1. The summed E-state index contributed by atoms with van der Waals surface area (Å²) < 4.78 is 7.23. The Morgan fingerprint density at radius 2 is 2.19 bits per heavy atom. The summed E-state index contributed by atoms with van der Waals surface area (Å²) in [5, 5.41) is 2.67. The van der Waals surface area contributed by atoms with E-state index in [1.54, 1.807) is 18.4 Å². The number of anilines is 1. The van der Waals surface area contributed by atoms with Gasteiger partial charge in [-0.15, -0.1) is 11.3 Å². The van der Waals surface area contributed by atoms with Crippen molar-refractivity contribution >= 4 is 28.9 Å². The Labute approximate surface area is 131 Å². The molecule has 0 aliphatic rings. The number of halogens is 1. The highest BCUT2D eigenvalue weighted by Crippen LogP contribution is 2.29. The van der Waals surface area contributed by atoms with Gasteiger partial charge >= 0.3 is 0 Å². The second kappa shape index (κ2) is 5.79. The molecule has 0 aliphatic heterocycles. The van der Waals surface area contributed by atoms with Crippen LogP contribution in [-0.4, -0.2) is 16.7 Å². The Morgan fingerprint density at radius 3 is 2.90 bits per heavy atom. The number of benzene rings is 1. The van der Waals surface area contributed by atoms with Gasteiger partial charge in [0.25, 0.3) is 0 Å². The second-order valence-corrected chi connectivity index (χ2v) is 5.87. The van der Waals surface area contributed by atoms with Crippen molar-refractivity contribution < 1.29 is 4.74 Å². The molecule has 21 heavy (non-hydrogen) atoms. The first-order valence-electron chi connectivity index (χ1n) is 6.37. The Bertz CT molecular complexity index is 752. The largest absolute Gasteiger partial charge is 0.496 e. The standard InChI is InChI=1S/C15H14ClN3OS/c1-20-13-5-2-4-11(16)10(13)8-19-9-12(18-15(19)17)14-6-3-7-21-14/h2-7,9H,8H2,1H3,(H2,17,18). The van der Waals surface area contributed by atoms with Crippen LogP contribution in [0.5, 0.6) is 5.75 Å². The molecule has 0 atom stereocenters. The lowest BCUT2D eigenvalue weighted by atomic mass is 10.2. The van der Waals surface area contributed by atoms with Gasteiger partial charge in [0.2, 0.25) is 5.95 Å². The average molecular weight is 320 g/mol. The highest BCUT2D eigenvalue weighted by atomic mass is 35.5. The summed E-state index contributed by atoms with van der Waals surface area (Å²) in [6.45, 7) is 0.521. The van der Waals surface area contributed by atoms with Gasteiger partial charge in [-0.2, -0.15) is 0 Å². The van der Waals surface area contributed by atoms with Gasteiger partial charge in [-0.05, 0) is 23.6 Å². The van der Waals surface area contributed by atoms with Crippen molar-refractivity contribution in [3.63, 3.8) is 0 Å². The van der Waals surface area contributed by atoms with Gasteiger partial charge in [0.05, 0.1) is 18.5 Å². The first-order valence-corrected chi connectivity index (χ1v) is 7.62. The van der Waals surface area contributed by atoms with Crippen molar-refractivity contribution in [1.82, 2.24) is 9.55 Å². The van der Waals surface area contributed by atoms with Gasteiger partial charge in [-0.25, -0.2) is 4.98 Å². The van der Waals surface area contributed by atoms with Crippen molar-refractivity contribution in [3.05, 3.63) is 52.5 Å². The summed E-state index contributed by atoms with van der Waals surface area (Å²) >= 11 is 7.90. The Balaban J connectivity index is 1.96. The maximum atomic E-state index is 6.26. The summed E-state index contributed by atoms with van der Waals surface area (Å²) in [4.78, 5) is 5.49. The smallest absolute Gasteiger partial charge is 0.201 e. The predicted molar refractivity (Wildman–Crippen MR) is 87.1 cm³/mol. The summed E-state index contributed by atoms with van der Waals surface area (Å²) in [6, 6.07) is 9.60. The van der Waals surface area contributed by atoms with E-state index < -0.39 is 0 Å². The molecule has 0 aliphatic carbocycles. The van der Waals surface area contributed by atoms with Crippen molar-refractivity contribution in [2.24, 2.45) is 0 Å². The molecule has 3 rings (SSSR count). The molecular formula is C15H14ClN3OS. The number of thiophene rings is 1. The molecule has 2 N–H and O–H groups in total. The summed E-state index contributed by atoms with van der Waals surface area (Å²) in [6.07, 6.45) is 1.93. The number of hydrogen-bond acceptors (Lipinski definition) is 4. The van der Waals surface area contributed by atoms with Crippen molar-refractivity contribution in [2.45, 2.75) is 6.54 Å². The van der Waals surface area contributed by atoms with E-state index in [1.807, 2.05) is 46.5 Å². The lowest BCUT2D eigenvalue weighted by Crippen LogP contribution is -2.05. The number of nitrogen functional groups attached to an aromatic ring is 1. The van der Waals surface area contributed by atoms with Gasteiger partial charge in [0.1, 0.15) is 11.4 Å². The summed E-state index contributed by atoms with van der Waals surface area (Å²) in [5.41, 5.74) is 7.77. The fraction of sp³-hybridized carbons (Fsp3) is 0.133. The second-order valence-electron chi connectivity index (χ2n) is 4.51. The van der Waals surface area contributed by atoms with Crippen LogP contribution >= 0.6 is 22.9 Å². The highest BCUT2D eigenvalue weighted by Gasteiger charge is 2.12. The Morgan fingerprint density at radius 1 is 1.33 bits per heavy atom. The summed E-state index contributed by atoms with van der Waals surface area (Å²) in [5.74, 6) is 1.20. The number of nitrogens with two attached hydrogens (primary N) is 1. The molecule has 0 fully saturated rings. The zero-order valence-corrected chi connectivity index (χ0v) is 13.0. The molecule has 3 aromatic rings. The number of rotatable bonds is 4. The third kappa shape index (κ3) is 2.75. The number of aromatic nitrogens is 2. The minimum absolute atomic E-state index is 0.459. The fourth-order valence-electron chi connectivity index (χ4n) is 2.15. The fourth-order valence-corrected chi connectivity index (χ4v) is 3.06. The molecule has 2 heterocycles. The normalized spacial score (nSPS) is 10.8. The molecule has 0 amide bonds. The van der Waals surface area contributed by atoms with Crippen molar-refractivity contribution in [2.75, 3.05) is 12.8 Å². The van der Waals surface area contributed by atoms with Crippen molar-refractivity contribution in [1.29, 1.82) is 0 Å². The first kappa shape index (κ1) is 14.0. The van der Waals surface area contributed by atoms with Crippen LogP contribution in [0.3, 0.4) is 0 Å². The van der Waals surface area contributed by atoms with E-state index >= 15 is 0 Å². The van der Waals surface area contributed by atoms with Crippen molar-refractivity contribution in [3.8, 4) is 16.3 Å². The van der Waals surface area contributed by atoms with Crippen LogP contribution in [0.1, 0.15) is 5.56 Å². The SMILES string of the molecule is COc1cccc(Cl)c1Cn1cc(-c2cccs2)nc1N. The van der Waals surface area contributed by atoms with Crippen LogP contribution in [0.25, 0.3) is 10.6 Å². The lowest BCUT2D eigenvalue weighted by Gasteiger charge is -2.11. The topological polar surface area (TPSA) is 53.1 Å². The molecule has 4 nitrogen and oxygen atoms in total. The van der Waals surface area contributed by atoms with Gasteiger partial charge < -0.3 is 15.0 Å². The molecule has 0 unspecified atom stereocenters. The predicted octanol–water partition coefficient (Wildman–Crippen LogP) is 3.90. The maximum absolute atomic E-state index is 6.26. The maximum Gasteiger partial charge on any atom is 0.201 e.